The Morgan fingerprint density at radius 1 is 1.33 bits per heavy atom. The molecule has 3 nitrogen and oxygen atoms in total. The first kappa shape index (κ1) is 12.4. The molecule has 0 atom stereocenters. The molecule has 0 aromatic heterocycles. The minimum atomic E-state index is -5.48. The van der Waals surface area contributed by atoms with Gasteiger partial charge in [-0.05, 0) is 24.8 Å². The van der Waals surface area contributed by atoms with Crippen LogP contribution in [0, 0.1) is 0 Å². The highest BCUT2D eigenvalue weighted by Crippen LogP contribution is 2.34. The highest BCUT2D eigenvalue weighted by molar-refractivity contribution is 7.87. The van der Waals surface area contributed by atoms with Gasteiger partial charge >= 0.3 is 15.6 Å². The lowest BCUT2D eigenvalue weighted by Gasteiger charge is -2.11. The van der Waals surface area contributed by atoms with Gasteiger partial charge in [0, 0.05) is 6.42 Å². The van der Waals surface area contributed by atoms with Gasteiger partial charge in [0.15, 0.2) is 0 Å². The van der Waals surface area contributed by atoms with Crippen LogP contribution in [0.25, 0.3) is 0 Å². The zero-order chi connectivity index (χ0) is 11.7. The molecule has 1 aliphatic carbocycles. The van der Waals surface area contributed by atoms with Gasteiger partial charge in [0.2, 0.25) is 0 Å². The molecule has 0 radical (unpaired) electrons. The van der Waals surface area contributed by atoms with Crippen molar-refractivity contribution in [2.24, 2.45) is 0 Å². The third kappa shape index (κ3) is 2.64. The molecule has 0 amide bonds. The molecule has 0 N–H and O–H groups in total. The van der Waals surface area contributed by atoms with Crippen LogP contribution in [-0.2, 0) is 14.3 Å². The van der Waals surface area contributed by atoms with Gasteiger partial charge in [0.25, 0.3) is 0 Å². The summed E-state index contributed by atoms with van der Waals surface area (Å²) in [6.07, 6.45) is 2.03. The van der Waals surface area contributed by atoms with E-state index in [1.807, 2.05) is 0 Å². The van der Waals surface area contributed by atoms with E-state index in [9.17, 15) is 21.6 Å². The number of hydrogen-bond donors (Lipinski definition) is 0. The quantitative estimate of drug-likeness (QED) is 0.566. The number of alkyl halides is 3. The predicted octanol–water partition coefficient (Wildman–Crippen LogP) is 2.70. The lowest BCUT2D eigenvalue weighted by molar-refractivity contribution is -0.0523. The predicted molar refractivity (Wildman–Crippen MR) is 47.2 cm³/mol. The van der Waals surface area contributed by atoms with Gasteiger partial charge in [-0.25, -0.2) is 0 Å². The molecular weight excluding hydrogens is 233 g/mol. The Labute approximate surface area is 86.0 Å². The van der Waals surface area contributed by atoms with Gasteiger partial charge in [-0.3, -0.25) is 0 Å². The average molecular weight is 244 g/mol. The summed E-state index contributed by atoms with van der Waals surface area (Å²) >= 11 is 0. The normalized spacial score (nSPS) is 18.4. The average Bonchev–Trinajstić information content (AvgIpc) is 2.48. The minimum Gasteiger partial charge on any atom is -0.381 e. The van der Waals surface area contributed by atoms with E-state index in [2.05, 4.69) is 4.18 Å². The van der Waals surface area contributed by atoms with E-state index in [-0.39, 0.29) is 12.2 Å². The molecule has 0 aromatic carbocycles. The number of halogens is 3. The summed E-state index contributed by atoms with van der Waals surface area (Å²) in [4.78, 5) is 0. The Hall–Kier alpha value is -0.720. The highest BCUT2D eigenvalue weighted by atomic mass is 32.2. The van der Waals surface area contributed by atoms with E-state index in [1.54, 1.807) is 6.92 Å². The van der Waals surface area contributed by atoms with E-state index in [4.69, 9.17) is 0 Å². The van der Waals surface area contributed by atoms with Crippen LogP contribution in [0.5, 0.6) is 0 Å². The second-order valence-corrected chi connectivity index (χ2v) is 4.75. The second-order valence-electron chi connectivity index (χ2n) is 3.22. The van der Waals surface area contributed by atoms with Crippen LogP contribution in [0.15, 0.2) is 11.3 Å². The molecule has 1 aliphatic rings. The molecule has 0 aromatic rings. The third-order valence-corrected chi connectivity index (χ3v) is 3.18. The van der Waals surface area contributed by atoms with Crippen LogP contribution < -0.4 is 0 Å². The van der Waals surface area contributed by atoms with E-state index < -0.39 is 15.6 Å². The van der Waals surface area contributed by atoms with Crippen LogP contribution in [0.4, 0.5) is 13.2 Å². The van der Waals surface area contributed by atoms with Crippen LogP contribution in [-0.4, -0.2) is 13.9 Å². The number of allylic oxidation sites excluding steroid dienone is 2. The fourth-order valence-electron chi connectivity index (χ4n) is 1.43. The standard InChI is InChI=1S/C8H11F3O3S/c1-2-6-4-3-5-7(6)14-15(12,13)8(9,10)11/h2-5H2,1H3. The summed E-state index contributed by atoms with van der Waals surface area (Å²) in [6.45, 7) is 1.75. The van der Waals surface area contributed by atoms with Crippen LogP contribution in [0.1, 0.15) is 32.6 Å². The zero-order valence-corrected chi connectivity index (χ0v) is 8.91. The molecular formula is C8H11F3O3S. The zero-order valence-electron chi connectivity index (χ0n) is 8.10. The van der Waals surface area contributed by atoms with Crippen molar-refractivity contribution in [2.45, 2.75) is 38.1 Å². The molecule has 15 heavy (non-hydrogen) atoms. The Morgan fingerprint density at radius 2 is 1.93 bits per heavy atom. The monoisotopic (exact) mass is 244 g/mol. The minimum absolute atomic E-state index is 0.0326. The maximum Gasteiger partial charge on any atom is 0.534 e. The summed E-state index contributed by atoms with van der Waals surface area (Å²) in [5, 5.41) is 0. The number of rotatable bonds is 3. The van der Waals surface area contributed by atoms with Crippen LogP contribution in [0.2, 0.25) is 0 Å². The first-order valence-electron chi connectivity index (χ1n) is 4.49. The number of hydrogen-bond acceptors (Lipinski definition) is 3. The van der Waals surface area contributed by atoms with Crippen molar-refractivity contribution in [2.75, 3.05) is 0 Å². The molecule has 1 rings (SSSR count). The smallest absolute Gasteiger partial charge is 0.381 e. The fraction of sp³-hybridized carbons (Fsp3) is 0.750. The summed E-state index contributed by atoms with van der Waals surface area (Å²) in [5.74, 6) is -0.0326. The molecule has 88 valence electrons. The SMILES string of the molecule is CCC1=C(OS(=O)(=O)C(F)(F)F)CCC1. The Bertz CT molecular complexity index is 367. The summed E-state index contributed by atoms with van der Waals surface area (Å²) in [5.41, 5.74) is -4.69. The van der Waals surface area contributed by atoms with Crippen molar-refractivity contribution in [3.8, 4) is 0 Å². The summed E-state index contributed by atoms with van der Waals surface area (Å²) < 4.78 is 61.4. The van der Waals surface area contributed by atoms with Crippen molar-refractivity contribution >= 4 is 10.1 Å². The molecule has 7 heteroatoms. The molecule has 0 unspecified atom stereocenters. The lowest BCUT2D eigenvalue weighted by atomic mass is 10.2. The Morgan fingerprint density at radius 3 is 2.40 bits per heavy atom. The molecule has 0 bridgehead atoms. The van der Waals surface area contributed by atoms with Crippen molar-refractivity contribution in [3.05, 3.63) is 11.3 Å². The third-order valence-electron chi connectivity index (χ3n) is 2.20. The van der Waals surface area contributed by atoms with E-state index >= 15 is 0 Å². The first-order chi connectivity index (χ1) is 6.78. The van der Waals surface area contributed by atoms with E-state index in [0.717, 1.165) is 0 Å². The van der Waals surface area contributed by atoms with Crippen molar-refractivity contribution in [1.29, 1.82) is 0 Å². The summed E-state index contributed by atoms with van der Waals surface area (Å²) in [6, 6.07) is 0. The van der Waals surface area contributed by atoms with Gasteiger partial charge in [0.1, 0.15) is 5.76 Å². The lowest BCUT2D eigenvalue weighted by Crippen LogP contribution is -2.25. The second kappa shape index (κ2) is 4.03. The van der Waals surface area contributed by atoms with E-state index in [0.29, 0.717) is 24.8 Å². The van der Waals surface area contributed by atoms with Gasteiger partial charge in [0.05, 0.1) is 0 Å². The van der Waals surface area contributed by atoms with Crippen LogP contribution in [0.3, 0.4) is 0 Å². The molecule has 0 aliphatic heterocycles. The summed E-state index contributed by atoms with van der Waals surface area (Å²) in [7, 11) is -5.48. The Balaban J connectivity index is 2.88. The molecule has 0 saturated heterocycles. The van der Waals surface area contributed by atoms with E-state index in [1.165, 1.54) is 0 Å². The molecule has 0 saturated carbocycles. The van der Waals surface area contributed by atoms with Crippen molar-refractivity contribution < 1.29 is 25.8 Å². The van der Waals surface area contributed by atoms with Crippen LogP contribution >= 0.6 is 0 Å². The largest absolute Gasteiger partial charge is 0.534 e. The Kier molecular flexibility index (Phi) is 3.32. The molecule has 0 heterocycles. The highest BCUT2D eigenvalue weighted by Gasteiger charge is 2.49. The van der Waals surface area contributed by atoms with Gasteiger partial charge < -0.3 is 4.18 Å². The maximum atomic E-state index is 12.0. The van der Waals surface area contributed by atoms with Gasteiger partial charge in [-0.15, -0.1) is 0 Å². The van der Waals surface area contributed by atoms with Gasteiger partial charge in [-0.1, -0.05) is 6.92 Å². The fourth-order valence-corrected chi connectivity index (χ4v) is 1.99. The van der Waals surface area contributed by atoms with Gasteiger partial charge in [-0.2, -0.15) is 21.6 Å². The topological polar surface area (TPSA) is 43.4 Å². The molecule has 0 fully saturated rings. The van der Waals surface area contributed by atoms with Crippen molar-refractivity contribution in [1.82, 2.24) is 0 Å². The first-order valence-corrected chi connectivity index (χ1v) is 5.90. The van der Waals surface area contributed by atoms with Crippen molar-refractivity contribution in [3.63, 3.8) is 0 Å². The maximum absolute atomic E-state index is 12.0. The molecule has 0 spiro atoms.